The average molecular weight is 353 g/mol. The molecule has 0 unspecified atom stereocenters. The van der Waals surface area contributed by atoms with Gasteiger partial charge < -0.3 is 5.32 Å². The Labute approximate surface area is 133 Å². The predicted molar refractivity (Wildman–Crippen MR) is 81.8 cm³/mol. The van der Waals surface area contributed by atoms with Gasteiger partial charge in [0.1, 0.15) is 0 Å². The van der Waals surface area contributed by atoms with Gasteiger partial charge in [-0.2, -0.15) is 0 Å². The van der Waals surface area contributed by atoms with Crippen LogP contribution in [0.15, 0.2) is 4.34 Å². The highest BCUT2D eigenvalue weighted by Crippen LogP contribution is 2.42. The van der Waals surface area contributed by atoms with Crippen molar-refractivity contribution >= 4 is 44.6 Å². The minimum atomic E-state index is -3.37. The van der Waals surface area contributed by atoms with Crippen molar-refractivity contribution in [1.82, 2.24) is 15.5 Å². The van der Waals surface area contributed by atoms with Gasteiger partial charge in [0, 0.05) is 12.8 Å². The second-order valence-corrected chi connectivity index (χ2v) is 8.51. The molecule has 118 valence electrons. The number of carbonyl (C=O) groups is 1. The lowest BCUT2D eigenvalue weighted by molar-refractivity contribution is -0.126. The molecule has 2 aliphatic heterocycles. The third-order valence-electron chi connectivity index (χ3n) is 4.02. The second kappa shape index (κ2) is 5.79. The van der Waals surface area contributed by atoms with Crippen LogP contribution in [0.1, 0.15) is 19.3 Å². The predicted octanol–water partition coefficient (Wildman–Crippen LogP) is 0.470. The molecule has 1 N–H and O–H groups in total. The van der Waals surface area contributed by atoms with Gasteiger partial charge in [0.15, 0.2) is 0 Å². The minimum Gasteiger partial charge on any atom is -0.317 e. The Morgan fingerprint density at radius 1 is 1.24 bits per heavy atom. The Kier molecular flexibility index (Phi) is 4.57. The van der Waals surface area contributed by atoms with E-state index in [4.69, 9.17) is 0 Å². The van der Waals surface area contributed by atoms with E-state index in [2.05, 4.69) is 15.5 Å². The fourth-order valence-electron chi connectivity index (χ4n) is 2.83. The van der Waals surface area contributed by atoms with E-state index in [-0.39, 0.29) is 28.1 Å². The van der Waals surface area contributed by atoms with Gasteiger partial charge in [-0.3, -0.25) is 9.69 Å². The molecule has 0 atom stereocenters. The molecule has 0 bridgehead atoms. The van der Waals surface area contributed by atoms with E-state index < -0.39 is 9.84 Å². The van der Waals surface area contributed by atoms with Crippen molar-refractivity contribution in [3.05, 3.63) is 0 Å². The Morgan fingerprint density at radius 3 is 2.48 bits per heavy atom. The first kappa shape index (κ1) is 16.6. The van der Waals surface area contributed by atoms with Crippen LogP contribution < -0.4 is 10.2 Å². The van der Waals surface area contributed by atoms with Crippen LogP contribution in [0.4, 0.5) is 5.13 Å². The van der Waals surface area contributed by atoms with Crippen LogP contribution in [-0.2, 0) is 14.6 Å². The summed E-state index contributed by atoms with van der Waals surface area (Å²) in [5.74, 6) is 0.0650. The highest BCUT2D eigenvalue weighted by Gasteiger charge is 2.48. The summed E-state index contributed by atoms with van der Waals surface area (Å²) in [7, 11) is -3.37. The van der Waals surface area contributed by atoms with Crippen LogP contribution in [-0.4, -0.2) is 50.4 Å². The number of rotatable bonds is 2. The Morgan fingerprint density at radius 2 is 1.90 bits per heavy atom. The summed E-state index contributed by atoms with van der Waals surface area (Å²) in [5, 5.41) is 11.2. The molecule has 7 nitrogen and oxygen atoms in total. The number of amides is 1. The summed E-state index contributed by atoms with van der Waals surface area (Å²) in [6.07, 6.45) is 3.57. The molecule has 2 saturated heterocycles. The number of anilines is 1. The molecule has 1 spiro atoms. The van der Waals surface area contributed by atoms with Gasteiger partial charge >= 0.3 is 0 Å². The maximum Gasteiger partial charge on any atom is 0.235 e. The molecule has 1 amide bonds. The average Bonchev–Trinajstić information content (AvgIpc) is 2.98. The summed E-state index contributed by atoms with van der Waals surface area (Å²) in [4.78, 5) is 14.2. The summed E-state index contributed by atoms with van der Waals surface area (Å²) < 4.78 is 22.8. The van der Waals surface area contributed by atoms with E-state index in [9.17, 15) is 13.2 Å². The molecule has 0 aliphatic carbocycles. The van der Waals surface area contributed by atoms with Crippen LogP contribution >= 0.6 is 23.7 Å². The maximum absolute atomic E-state index is 12.6. The van der Waals surface area contributed by atoms with Crippen LogP contribution in [0.5, 0.6) is 0 Å². The largest absolute Gasteiger partial charge is 0.317 e. The number of hydrogen-bond donors (Lipinski definition) is 1. The van der Waals surface area contributed by atoms with E-state index in [1.54, 1.807) is 4.90 Å². The van der Waals surface area contributed by atoms with Crippen LogP contribution in [0.2, 0.25) is 0 Å². The van der Waals surface area contributed by atoms with Crippen LogP contribution in [0.25, 0.3) is 0 Å². The number of nitrogens with zero attached hydrogens (tertiary/aromatic N) is 3. The number of hydrogen-bond acceptors (Lipinski definition) is 7. The molecule has 3 heterocycles. The van der Waals surface area contributed by atoms with Gasteiger partial charge in [0.05, 0.1) is 5.41 Å². The Balaban J connectivity index is 0.00000161. The zero-order valence-corrected chi connectivity index (χ0v) is 14.0. The van der Waals surface area contributed by atoms with E-state index in [0.29, 0.717) is 11.7 Å². The third-order valence-corrected chi connectivity index (χ3v) is 6.63. The maximum atomic E-state index is 12.6. The number of carbonyl (C=O) groups excluding carboxylic acids is 1. The molecule has 2 aliphatic rings. The highest BCUT2D eigenvalue weighted by atomic mass is 35.5. The van der Waals surface area contributed by atoms with E-state index >= 15 is 0 Å². The first-order valence-corrected chi connectivity index (χ1v) is 9.19. The minimum absolute atomic E-state index is 0. The Hall–Kier alpha value is -0.770. The zero-order chi connectivity index (χ0) is 14.4. The summed E-state index contributed by atoms with van der Waals surface area (Å²) in [5.41, 5.74) is -0.290. The van der Waals surface area contributed by atoms with E-state index in [0.717, 1.165) is 49.9 Å². The first-order chi connectivity index (χ1) is 9.42. The van der Waals surface area contributed by atoms with Gasteiger partial charge in [-0.05, 0) is 32.4 Å². The number of halogens is 1. The molecule has 1 aromatic heterocycles. The van der Waals surface area contributed by atoms with Gasteiger partial charge in [-0.15, -0.1) is 22.6 Å². The lowest BCUT2D eigenvalue weighted by Crippen LogP contribution is -2.42. The Bertz CT molecular complexity index is 640. The van der Waals surface area contributed by atoms with Gasteiger partial charge in [-0.25, -0.2) is 8.42 Å². The molecule has 0 aromatic carbocycles. The van der Waals surface area contributed by atoms with Gasteiger partial charge in [-0.1, -0.05) is 11.3 Å². The zero-order valence-electron chi connectivity index (χ0n) is 11.5. The summed E-state index contributed by atoms with van der Waals surface area (Å²) in [6.45, 7) is 2.30. The van der Waals surface area contributed by atoms with Gasteiger partial charge in [0.2, 0.25) is 25.2 Å². The third kappa shape index (κ3) is 2.92. The summed E-state index contributed by atoms with van der Waals surface area (Å²) >= 11 is 0.967. The molecule has 21 heavy (non-hydrogen) atoms. The second-order valence-electron chi connectivity index (χ2n) is 5.36. The monoisotopic (exact) mass is 352 g/mol. The van der Waals surface area contributed by atoms with Crippen molar-refractivity contribution in [2.24, 2.45) is 5.41 Å². The SMILES string of the molecule is CS(=O)(=O)c1nnc(N2CCC3(CCNCC3)C2=O)s1.Cl. The standard InChI is InChI=1S/C11H16N4O3S2.ClH/c1-20(17,18)10-14-13-9(19-10)15-7-4-11(8(15)16)2-5-12-6-3-11;/h12H,2-7H2,1H3;1H. The molecule has 3 rings (SSSR count). The number of aromatic nitrogens is 2. The van der Waals surface area contributed by atoms with Crippen molar-refractivity contribution in [2.45, 2.75) is 23.6 Å². The van der Waals surface area contributed by atoms with E-state index in [1.807, 2.05) is 0 Å². The van der Waals surface area contributed by atoms with Crippen LogP contribution in [0, 0.1) is 5.41 Å². The van der Waals surface area contributed by atoms with E-state index in [1.165, 1.54) is 0 Å². The molecule has 10 heteroatoms. The van der Waals surface area contributed by atoms with Gasteiger partial charge in [0.25, 0.3) is 0 Å². The normalized spacial score (nSPS) is 21.6. The smallest absolute Gasteiger partial charge is 0.235 e. The molecule has 1 aromatic rings. The molecule has 2 fully saturated rings. The first-order valence-electron chi connectivity index (χ1n) is 6.49. The number of piperidine rings is 1. The molecule has 0 radical (unpaired) electrons. The van der Waals surface area contributed by atoms with Crippen molar-refractivity contribution in [3.63, 3.8) is 0 Å². The quantitative estimate of drug-likeness (QED) is 0.778. The van der Waals surface area contributed by atoms with Crippen molar-refractivity contribution in [2.75, 3.05) is 30.8 Å². The lowest BCUT2D eigenvalue weighted by atomic mass is 9.78. The fraction of sp³-hybridized carbons (Fsp3) is 0.727. The summed E-state index contributed by atoms with van der Waals surface area (Å²) in [6, 6.07) is 0. The topological polar surface area (TPSA) is 92.3 Å². The van der Waals surface area contributed by atoms with Crippen LogP contribution in [0.3, 0.4) is 0 Å². The molecule has 0 saturated carbocycles. The number of sulfone groups is 1. The fourth-order valence-corrected chi connectivity index (χ4v) is 4.46. The van der Waals surface area contributed by atoms with Crippen molar-refractivity contribution in [3.8, 4) is 0 Å². The van der Waals surface area contributed by atoms with Crippen molar-refractivity contribution < 1.29 is 13.2 Å². The molecular weight excluding hydrogens is 336 g/mol. The molecular formula is C11H17ClN4O3S2. The lowest BCUT2D eigenvalue weighted by Gasteiger charge is -2.31. The highest BCUT2D eigenvalue weighted by molar-refractivity contribution is 7.92. The van der Waals surface area contributed by atoms with Crippen molar-refractivity contribution in [1.29, 1.82) is 0 Å². The number of nitrogens with one attached hydrogen (secondary N) is 1.